The van der Waals surface area contributed by atoms with E-state index in [4.69, 9.17) is 5.11 Å². The molecule has 1 atom stereocenters. The van der Waals surface area contributed by atoms with Gasteiger partial charge in [0.25, 0.3) is 0 Å². The molecule has 0 rings (SSSR count). The molecular weight excluding hydrogens is 202 g/mol. The number of aliphatic hydroxyl groups excluding tert-OH is 1. The number of hydrogen-bond donors (Lipinski definition) is 1. The maximum atomic E-state index is 11.1. The van der Waals surface area contributed by atoms with Crippen LogP contribution in [0.2, 0.25) is 0 Å². The molecule has 0 spiro atoms. The van der Waals surface area contributed by atoms with Gasteiger partial charge in [0.2, 0.25) is 0 Å². The van der Waals surface area contributed by atoms with E-state index in [9.17, 15) is 4.79 Å². The first-order valence-corrected chi connectivity index (χ1v) is 6.41. The minimum absolute atomic E-state index is 0.171. The molecule has 3 nitrogen and oxygen atoms in total. The molecule has 96 valence electrons. The summed E-state index contributed by atoms with van der Waals surface area (Å²) in [6.45, 7) is 8.86. The average Bonchev–Trinajstić information content (AvgIpc) is 2.26. The molecular formula is C13H27NO2. The van der Waals surface area contributed by atoms with E-state index in [-0.39, 0.29) is 12.0 Å². The maximum Gasteiger partial charge on any atom is 0.127 e. The monoisotopic (exact) mass is 229 g/mol. The average molecular weight is 229 g/mol. The summed E-state index contributed by atoms with van der Waals surface area (Å²) in [6.07, 6.45) is 5.29. The smallest absolute Gasteiger partial charge is 0.127 e. The highest BCUT2D eigenvalue weighted by Crippen LogP contribution is 2.22. The van der Waals surface area contributed by atoms with Crippen LogP contribution in [0.4, 0.5) is 0 Å². The Kier molecular flexibility index (Phi) is 8.49. The largest absolute Gasteiger partial charge is 0.395 e. The van der Waals surface area contributed by atoms with Gasteiger partial charge in [-0.05, 0) is 19.4 Å². The van der Waals surface area contributed by atoms with Crippen molar-refractivity contribution in [2.45, 2.75) is 46.5 Å². The minimum Gasteiger partial charge on any atom is -0.395 e. The van der Waals surface area contributed by atoms with E-state index >= 15 is 0 Å². The third-order valence-electron chi connectivity index (χ3n) is 2.93. The van der Waals surface area contributed by atoms with Crippen molar-refractivity contribution in [2.24, 2.45) is 5.41 Å². The Morgan fingerprint density at radius 3 is 2.38 bits per heavy atom. The Morgan fingerprint density at radius 2 is 1.94 bits per heavy atom. The van der Waals surface area contributed by atoms with Crippen LogP contribution in [0.5, 0.6) is 0 Å². The Bertz CT molecular complexity index is 185. The standard InChI is InChI=1S/C13H27NO2/c1-4-6-8-14(9-10-15)11-13(3,12-16)7-5-2/h12,15H,4-11H2,1-3H3. The molecule has 0 aliphatic carbocycles. The van der Waals surface area contributed by atoms with Crippen molar-refractivity contribution >= 4 is 6.29 Å². The number of hydrogen-bond acceptors (Lipinski definition) is 3. The van der Waals surface area contributed by atoms with Crippen molar-refractivity contribution < 1.29 is 9.90 Å². The third kappa shape index (κ3) is 6.23. The van der Waals surface area contributed by atoms with Gasteiger partial charge < -0.3 is 14.8 Å². The number of aldehydes is 1. The van der Waals surface area contributed by atoms with Gasteiger partial charge in [-0.1, -0.05) is 33.6 Å². The molecule has 1 N–H and O–H groups in total. The van der Waals surface area contributed by atoms with Gasteiger partial charge in [-0.15, -0.1) is 0 Å². The van der Waals surface area contributed by atoms with Crippen LogP contribution in [0.25, 0.3) is 0 Å². The summed E-state index contributed by atoms with van der Waals surface area (Å²) >= 11 is 0. The van der Waals surface area contributed by atoms with Gasteiger partial charge >= 0.3 is 0 Å². The third-order valence-corrected chi connectivity index (χ3v) is 2.93. The predicted octanol–water partition coefficient (Wildman–Crippen LogP) is 2.09. The number of carbonyl (C=O) groups is 1. The fourth-order valence-corrected chi connectivity index (χ4v) is 2.05. The minimum atomic E-state index is -0.252. The molecule has 0 amide bonds. The fourth-order valence-electron chi connectivity index (χ4n) is 2.05. The molecule has 0 saturated heterocycles. The molecule has 0 aromatic heterocycles. The van der Waals surface area contributed by atoms with Crippen LogP contribution in [0.15, 0.2) is 0 Å². The highest BCUT2D eigenvalue weighted by molar-refractivity contribution is 5.58. The van der Waals surface area contributed by atoms with Crippen LogP contribution in [-0.2, 0) is 4.79 Å². The first-order chi connectivity index (χ1) is 7.61. The van der Waals surface area contributed by atoms with Crippen molar-refractivity contribution in [3.8, 4) is 0 Å². The number of nitrogens with zero attached hydrogens (tertiary/aromatic N) is 1. The van der Waals surface area contributed by atoms with Gasteiger partial charge in [0.1, 0.15) is 6.29 Å². The molecule has 0 aromatic rings. The Morgan fingerprint density at radius 1 is 1.25 bits per heavy atom. The van der Waals surface area contributed by atoms with Crippen LogP contribution in [0.1, 0.15) is 46.5 Å². The zero-order valence-corrected chi connectivity index (χ0v) is 11.0. The van der Waals surface area contributed by atoms with Crippen molar-refractivity contribution in [3.63, 3.8) is 0 Å². The molecule has 0 aliphatic heterocycles. The molecule has 0 bridgehead atoms. The van der Waals surface area contributed by atoms with Gasteiger partial charge in [-0.3, -0.25) is 0 Å². The second-order valence-corrected chi connectivity index (χ2v) is 4.88. The molecule has 16 heavy (non-hydrogen) atoms. The van der Waals surface area contributed by atoms with E-state index in [1.807, 2.05) is 6.92 Å². The van der Waals surface area contributed by atoms with Gasteiger partial charge in [0.05, 0.1) is 6.61 Å². The van der Waals surface area contributed by atoms with Gasteiger partial charge in [-0.2, -0.15) is 0 Å². The number of aliphatic hydroxyl groups is 1. The number of unbranched alkanes of at least 4 members (excludes halogenated alkanes) is 1. The summed E-state index contributed by atoms with van der Waals surface area (Å²) in [5.41, 5.74) is -0.252. The van der Waals surface area contributed by atoms with Crippen LogP contribution in [0, 0.1) is 5.41 Å². The molecule has 0 aromatic carbocycles. The van der Waals surface area contributed by atoms with E-state index in [1.54, 1.807) is 0 Å². The molecule has 0 radical (unpaired) electrons. The number of carbonyl (C=O) groups excluding carboxylic acids is 1. The van der Waals surface area contributed by atoms with E-state index in [0.717, 1.165) is 45.1 Å². The molecule has 0 heterocycles. The zero-order chi connectivity index (χ0) is 12.4. The second-order valence-electron chi connectivity index (χ2n) is 4.88. The molecule has 0 fully saturated rings. The van der Waals surface area contributed by atoms with Crippen LogP contribution < -0.4 is 0 Å². The number of rotatable bonds is 10. The first-order valence-electron chi connectivity index (χ1n) is 6.41. The summed E-state index contributed by atoms with van der Waals surface area (Å²) < 4.78 is 0. The quantitative estimate of drug-likeness (QED) is 0.583. The molecule has 1 unspecified atom stereocenters. The first kappa shape index (κ1) is 15.6. The summed E-state index contributed by atoms with van der Waals surface area (Å²) in [6, 6.07) is 0. The maximum absolute atomic E-state index is 11.1. The van der Waals surface area contributed by atoms with Gasteiger partial charge in [0, 0.05) is 18.5 Å². The highest BCUT2D eigenvalue weighted by atomic mass is 16.3. The fraction of sp³-hybridized carbons (Fsp3) is 0.923. The normalized spacial score (nSPS) is 15.1. The van der Waals surface area contributed by atoms with E-state index in [0.29, 0.717) is 6.54 Å². The van der Waals surface area contributed by atoms with Crippen molar-refractivity contribution in [2.75, 3.05) is 26.2 Å². The summed E-state index contributed by atoms with van der Waals surface area (Å²) in [7, 11) is 0. The van der Waals surface area contributed by atoms with Crippen molar-refractivity contribution in [3.05, 3.63) is 0 Å². The Balaban J connectivity index is 4.26. The lowest BCUT2D eigenvalue weighted by Crippen LogP contribution is -2.39. The molecule has 3 heteroatoms. The Labute approximate surface area is 99.8 Å². The molecule has 0 saturated carbocycles. The van der Waals surface area contributed by atoms with E-state index in [2.05, 4.69) is 18.7 Å². The molecule has 0 aliphatic rings. The topological polar surface area (TPSA) is 40.5 Å². The summed E-state index contributed by atoms with van der Waals surface area (Å²) in [5.74, 6) is 0. The van der Waals surface area contributed by atoms with Crippen LogP contribution in [-0.4, -0.2) is 42.5 Å². The second kappa shape index (κ2) is 8.71. The van der Waals surface area contributed by atoms with Gasteiger partial charge in [0.15, 0.2) is 0 Å². The van der Waals surface area contributed by atoms with E-state index < -0.39 is 0 Å². The Hall–Kier alpha value is -0.410. The predicted molar refractivity (Wildman–Crippen MR) is 67.5 cm³/mol. The van der Waals surface area contributed by atoms with E-state index in [1.165, 1.54) is 0 Å². The van der Waals surface area contributed by atoms with Gasteiger partial charge in [-0.25, -0.2) is 0 Å². The SMILES string of the molecule is CCCCN(CCO)CC(C)(C=O)CCC. The summed E-state index contributed by atoms with van der Waals surface area (Å²) in [5, 5.41) is 9.01. The lowest BCUT2D eigenvalue weighted by molar-refractivity contribution is -0.117. The van der Waals surface area contributed by atoms with Crippen LogP contribution in [0.3, 0.4) is 0 Å². The highest BCUT2D eigenvalue weighted by Gasteiger charge is 2.25. The van der Waals surface area contributed by atoms with Crippen LogP contribution >= 0.6 is 0 Å². The summed E-state index contributed by atoms with van der Waals surface area (Å²) in [4.78, 5) is 13.3. The van der Waals surface area contributed by atoms with Crippen molar-refractivity contribution in [1.82, 2.24) is 4.90 Å². The lowest BCUT2D eigenvalue weighted by Gasteiger charge is -2.31. The lowest BCUT2D eigenvalue weighted by atomic mass is 9.86. The van der Waals surface area contributed by atoms with Crippen molar-refractivity contribution in [1.29, 1.82) is 0 Å². The zero-order valence-electron chi connectivity index (χ0n) is 11.0.